The molecule has 0 radical (unpaired) electrons. The Kier molecular flexibility index (Phi) is 11.0. The Morgan fingerprint density at radius 1 is 0.867 bits per heavy atom. The molecule has 0 amide bonds. The van der Waals surface area contributed by atoms with Gasteiger partial charge < -0.3 is 19.9 Å². The van der Waals surface area contributed by atoms with Crippen LogP contribution >= 0.6 is 24.0 Å². The molecule has 0 spiro atoms. The third kappa shape index (κ3) is 8.20. The van der Waals surface area contributed by atoms with E-state index in [-0.39, 0.29) is 24.0 Å². The summed E-state index contributed by atoms with van der Waals surface area (Å²) in [6.07, 6.45) is 4.13. The molecule has 3 aromatic rings. The lowest BCUT2D eigenvalue weighted by atomic mass is 10.1. The van der Waals surface area contributed by atoms with Gasteiger partial charge in [-0.2, -0.15) is 0 Å². The summed E-state index contributed by atoms with van der Waals surface area (Å²) in [7, 11) is 0. The number of rotatable bonds is 10. The number of benzene rings is 2. The Morgan fingerprint density at radius 2 is 1.57 bits per heavy atom. The number of nitrogens with one attached hydrogen (secondary N) is 2. The SMILES string of the molecule is CCNC(=NCc1ccccc1COCc1ccccc1)NCCn1cccc1.I. The van der Waals surface area contributed by atoms with Gasteiger partial charge in [0.1, 0.15) is 0 Å². The number of hydrogen-bond donors (Lipinski definition) is 2. The van der Waals surface area contributed by atoms with E-state index in [1.54, 1.807) is 0 Å². The average molecular weight is 518 g/mol. The van der Waals surface area contributed by atoms with E-state index >= 15 is 0 Å². The van der Waals surface area contributed by atoms with Crippen molar-refractivity contribution in [2.45, 2.75) is 33.2 Å². The highest BCUT2D eigenvalue weighted by Gasteiger charge is 2.04. The molecule has 6 heteroatoms. The molecule has 30 heavy (non-hydrogen) atoms. The second-order valence-corrected chi connectivity index (χ2v) is 6.79. The van der Waals surface area contributed by atoms with Gasteiger partial charge in [0.25, 0.3) is 0 Å². The monoisotopic (exact) mass is 518 g/mol. The summed E-state index contributed by atoms with van der Waals surface area (Å²) >= 11 is 0. The van der Waals surface area contributed by atoms with Gasteiger partial charge in [0, 0.05) is 32.0 Å². The molecule has 5 nitrogen and oxygen atoms in total. The minimum absolute atomic E-state index is 0. The van der Waals surface area contributed by atoms with Gasteiger partial charge in [0.15, 0.2) is 5.96 Å². The Labute approximate surface area is 196 Å². The van der Waals surface area contributed by atoms with E-state index in [2.05, 4.69) is 70.9 Å². The first-order chi connectivity index (χ1) is 14.3. The van der Waals surface area contributed by atoms with Crippen LogP contribution in [0.3, 0.4) is 0 Å². The van der Waals surface area contributed by atoms with E-state index in [1.807, 2.05) is 30.3 Å². The van der Waals surface area contributed by atoms with Crippen LogP contribution in [0.4, 0.5) is 0 Å². The first kappa shape index (κ1) is 24.0. The lowest BCUT2D eigenvalue weighted by molar-refractivity contribution is 0.106. The third-order valence-electron chi connectivity index (χ3n) is 4.57. The third-order valence-corrected chi connectivity index (χ3v) is 4.57. The zero-order chi connectivity index (χ0) is 20.2. The fraction of sp³-hybridized carbons (Fsp3) is 0.292. The highest BCUT2D eigenvalue weighted by Crippen LogP contribution is 2.13. The predicted molar refractivity (Wildman–Crippen MR) is 134 cm³/mol. The molecule has 0 saturated carbocycles. The highest BCUT2D eigenvalue weighted by atomic mass is 127. The maximum Gasteiger partial charge on any atom is 0.191 e. The second-order valence-electron chi connectivity index (χ2n) is 6.79. The number of halogens is 1. The van der Waals surface area contributed by atoms with Crippen molar-refractivity contribution in [2.24, 2.45) is 4.99 Å². The number of guanidine groups is 1. The van der Waals surface area contributed by atoms with Crippen molar-refractivity contribution in [1.82, 2.24) is 15.2 Å². The quantitative estimate of drug-likeness (QED) is 0.235. The molecule has 1 aromatic heterocycles. The summed E-state index contributed by atoms with van der Waals surface area (Å²) in [6.45, 7) is 6.44. The van der Waals surface area contributed by atoms with Gasteiger partial charge in [-0.15, -0.1) is 24.0 Å². The fourth-order valence-corrected chi connectivity index (χ4v) is 3.03. The van der Waals surface area contributed by atoms with Crippen LogP contribution in [-0.2, 0) is 31.0 Å². The van der Waals surface area contributed by atoms with Crippen LogP contribution in [0, 0.1) is 0 Å². The zero-order valence-electron chi connectivity index (χ0n) is 17.5. The minimum atomic E-state index is 0. The molecule has 0 aliphatic carbocycles. The Balaban J connectivity index is 0.00000320. The predicted octanol–water partition coefficient (Wildman–Crippen LogP) is 4.58. The molecule has 2 N–H and O–H groups in total. The number of hydrogen-bond acceptors (Lipinski definition) is 2. The Hall–Kier alpha value is -2.32. The molecule has 0 bridgehead atoms. The number of aromatic nitrogens is 1. The van der Waals surface area contributed by atoms with Gasteiger partial charge in [-0.25, -0.2) is 4.99 Å². The van der Waals surface area contributed by atoms with Crippen molar-refractivity contribution in [3.63, 3.8) is 0 Å². The van der Waals surface area contributed by atoms with Crippen molar-refractivity contribution in [3.8, 4) is 0 Å². The van der Waals surface area contributed by atoms with Crippen molar-refractivity contribution >= 4 is 29.9 Å². The van der Waals surface area contributed by atoms with E-state index in [0.29, 0.717) is 19.8 Å². The first-order valence-electron chi connectivity index (χ1n) is 10.2. The lowest BCUT2D eigenvalue weighted by Gasteiger charge is -2.13. The fourth-order valence-electron chi connectivity index (χ4n) is 3.03. The molecule has 0 atom stereocenters. The van der Waals surface area contributed by atoms with Gasteiger partial charge in [-0.3, -0.25) is 0 Å². The number of aliphatic imine (C=N–C) groups is 1. The molecule has 0 aliphatic heterocycles. The van der Waals surface area contributed by atoms with Crippen LogP contribution in [0.1, 0.15) is 23.6 Å². The van der Waals surface area contributed by atoms with E-state index in [0.717, 1.165) is 25.6 Å². The van der Waals surface area contributed by atoms with Gasteiger partial charge in [-0.05, 0) is 35.7 Å². The van der Waals surface area contributed by atoms with Crippen LogP contribution in [0.5, 0.6) is 0 Å². The molecule has 0 aliphatic rings. The number of nitrogens with zero attached hydrogens (tertiary/aromatic N) is 2. The second kappa shape index (κ2) is 13.8. The van der Waals surface area contributed by atoms with E-state index in [1.165, 1.54) is 16.7 Å². The molecule has 2 aromatic carbocycles. The highest BCUT2D eigenvalue weighted by molar-refractivity contribution is 14.0. The molecular weight excluding hydrogens is 487 g/mol. The lowest BCUT2D eigenvalue weighted by Crippen LogP contribution is -2.38. The van der Waals surface area contributed by atoms with Crippen molar-refractivity contribution in [1.29, 1.82) is 0 Å². The van der Waals surface area contributed by atoms with E-state index in [9.17, 15) is 0 Å². The summed E-state index contributed by atoms with van der Waals surface area (Å²) in [5.74, 6) is 0.833. The van der Waals surface area contributed by atoms with Crippen LogP contribution in [0.2, 0.25) is 0 Å². The molecule has 0 fully saturated rings. The smallest absolute Gasteiger partial charge is 0.191 e. The molecule has 1 heterocycles. The van der Waals surface area contributed by atoms with Crippen molar-refractivity contribution < 1.29 is 4.74 Å². The average Bonchev–Trinajstić information content (AvgIpc) is 3.27. The topological polar surface area (TPSA) is 50.6 Å². The molecule has 0 unspecified atom stereocenters. The standard InChI is InChI=1S/C24H30N4O.HI/c1-2-25-24(26-14-17-28-15-8-9-16-28)27-18-22-12-6-7-13-23(22)20-29-19-21-10-4-3-5-11-21;/h3-13,15-16H,2,14,17-20H2,1H3,(H2,25,26,27);1H. The van der Waals surface area contributed by atoms with E-state index < -0.39 is 0 Å². The molecular formula is C24H31IN4O. The summed E-state index contributed by atoms with van der Waals surface area (Å²) in [5, 5.41) is 6.72. The summed E-state index contributed by atoms with van der Waals surface area (Å²) in [4.78, 5) is 4.76. The van der Waals surface area contributed by atoms with Gasteiger partial charge in [0.2, 0.25) is 0 Å². The van der Waals surface area contributed by atoms with Crippen LogP contribution in [-0.4, -0.2) is 23.6 Å². The first-order valence-corrected chi connectivity index (χ1v) is 10.2. The van der Waals surface area contributed by atoms with Crippen LogP contribution in [0.15, 0.2) is 84.1 Å². The maximum atomic E-state index is 5.92. The summed E-state index contributed by atoms with van der Waals surface area (Å²) in [6, 6.07) is 22.7. The van der Waals surface area contributed by atoms with Crippen LogP contribution < -0.4 is 10.6 Å². The minimum Gasteiger partial charge on any atom is -0.372 e. The van der Waals surface area contributed by atoms with Crippen molar-refractivity contribution in [2.75, 3.05) is 13.1 Å². The summed E-state index contributed by atoms with van der Waals surface area (Å²) in [5.41, 5.74) is 3.54. The molecule has 3 rings (SSSR count). The summed E-state index contributed by atoms with van der Waals surface area (Å²) < 4.78 is 8.07. The molecule has 0 saturated heterocycles. The van der Waals surface area contributed by atoms with Gasteiger partial charge >= 0.3 is 0 Å². The maximum absolute atomic E-state index is 5.92. The normalized spacial score (nSPS) is 11.0. The van der Waals surface area contributed by atoms with Gasteiger partial charge in [-0.1, -0.05) is 54.6 Å². The zero-order valence-corrected chi connectivity index (χ0v) is 19.8. The van der Waals surface area contributed by atoms with Crippen LogP contribution in [0.25, 0.3) is 0 Å². The largest absolute Gasteiger partial charge is 0.372 e. The Morgan fingerprint density at radius 3 is 2.30 bits per heavy atom. The van der Waals surface area contributed by atoms with E-state index in [4.69, 9.17) is 9.73 Å². The van der Waals surface area contributed by atoms with Gasteiger partial charge in [0.05, 0.1) is 19.8 Å². The van der Waals surface area contributed by atoms with Crippen molar-refractivity contribution in [3.05, 3.63) is 95.8 Å². The Bertz CT molecular complexity index is 866. The number of ether oxygens (including phenoxy) is 1. The molecule has 160 valence electrons.